The molecule has 4 heterocycles. The van der Waals surface area contributed by atoms with E-state index in [0.717, 1.165) is 18.4 Å². The zero-order chi connectivity index (χ0) is 19.1. The number of halogens is 1. The van der Waals surface area contributed by atoms with Crippen LogP contribution in [0.1, 0.15) is 38.7 Å². The largest absolute Gasteiger partial charge is 0.324 e. The Morgan fingerprint density at radius 3 is 2.81 bits per heavy atom. The molecule has 6 nitrogen and oxygen atoms in total. The van der Waals surface area contributed by atoms with Crippen molar-refractivity contribution >= 4 is 35.0 Å². The lowest BCUT2D eigenvalue weighted by Gasteiger charge is -2.37. The minimum absolute atomic E-state index is 0.0730. The van der Waals surface area contributed by atoms with E-state index >= 15 is 0 Å². The van der Waals surface area contributed by atoms with Crippen molar-refractivity contribution in [3.63, 3.8) is 0 Å². The van der Waals surface area contributed by atoms with E-state index in [9.17, 15) is 14.4 Å². The first-order valence-electron chi connectivity index (χ1n) is 9.68. The first kappa shape index (κ1) is 17.2. The Kier molecular flexibility index (Phi) is 3.53. The molecule has 142 valence electrons. The van der Waals surface area contributed by atoms with Crippen LogP contribution in [0.3, 0.4) is 0 Å². The first-order chi connectivity index (χ1) is 12.9. The van der Waals surface area contributed by atoms with Gasteiger partial charge in [0.25, 0.3) is 0 Å². The highest BCUT2D eigenvalue weighted by molar-refractivity contribution is 6.31. The summed E-state index contributed by atoms with van der Waals surface area (Å²) in [6.07, 6.45) is 2.45. The summed E-state index contributed by atoms with van der Waals surface area (Å²) >= 11 is 6.27. The molecule has 1 spiro atoms. The molecule has 5 rings (SSSR count). The second-order valence-corrected chi connectivity index (χ2v) is 8.56. The molecule has 1 N–H and O–H groups in total. The predicted molar refractivity (Wildman–Crippen MR) is 100 cm³/mol. The van der Waals surface area contributed by atoms with Crippen molar-refractivity contribution < 1.29 is 14.4 Å². The monoisotopic (exact) mass is 387 g/mol. The van der Waals surface area contributed by atoms with Crippen LogP contribution >= 0.6 is 11.6 Å². The topological polar surface area (TPSA) is 69.7 Å². The van der Waals surface area contributed by atoms with Crippen LogP contribution in [0.2, 0.25) is 5.02 Å². The van der Waals surface area contributed by atoms with E-state index in [0.29, 0.717) is 23.7 Å². The molecule has 0 aliphatic carbocycles. The van der Waals surface area contributed by atoms with Crippen molar-refractivity contribution in [2.45, 2.75) is 50.7 Å². The number of benzene rings is 1. The van der Waals surface area contributed by atoms with Crippen LogP contribution in [-0.4, -0.2) is 46.1 Å². The normalized spacial score (nSPS) is 35.6. The molecule has 0 unspecified atom stereocenters. The molecule has 3 amide bonds. The van der Waals surface area contributed by atoms with Crippen LogP contribution in [0, 0.1) is 11.8 Å². The minimum Gasteiger partial charge on any atom is -0.324 e. The molecule has 5 atom stereocenters. The number of nitrogens with zero attached hydrogens (tertiary/aromatic N) is 2. The van der Waals surface area contributed by atoms with Crippen LogP contribution < -0.4 is 5.32 Å². The molecule has 1 aromatic carbocycles. The van der Waals surface area contributed by atoms with E-state index in [-0.39, 0.29) is 29.8 Å². The van der Waals surface area contributed by atoms with E-state index in [1.165, 1.54) is 4.90 Å². The van der Waals surface area contributed by atoms with Crippen LogP contribution in [0.5, 0.6) is 0 Å². The molecule has 4 aliphatic heterocycles. The molecule has 0 saturated carbocycles. The lowest BCUT2D eigenvalue weighted by Crippen LogP contribution is -2.54. The number of likely N-dealkylation sites (tertiary alicyclic amines) is 1. The molecule has 4 aliphatic rings. The average molecular weight is 388 g/mol. The number of carbonyl (C=O) groups excluding carboxylic acids is 3. The lowest BCUT2D eigenvalue weighted by atomic mass is 9.75. The molecule has 0 radical (unpaired) electrons. The molecule has 1 aromatic rings. The van der Waals surface area contributed by atoms with Gasteiger partial charge >= 0.3 is 0 Å². The standard InChI is InChI=1S/C20H22ClN3O3/c1-3-10(2)24-17(25)15-14-5-4-8-23(14)20(16(15)18(24)26)12-9-11(21)6-7-13(12)22-19(20)27/h6-7,9-10,14-16H,3-5,8H2,1-2H3,(H,22,27)/t10-,14-,15+,16-,20-/m0/s1. The third kappa shape index (κ3) is 1.88. The van der Waals surface area contributed by atoms with Gasteiger partial charge < -0.3 is 5.32 Å². The van der Waals surface area contributed by atoms with Gasteiger partial charge in [0, 0.05) is 28.4 Å². The highest BCUT2D eigenvalue weighted by Crippen LogP contribution is 2.60. The zero-order valence-corrected chi connectivity index (χ0v) is 16.1. The third-order valence-electron chi connectivity index (χ3n) is 7.02. The van der Waals surface area contributed by atoms with E-state index in [1.54, 1.807) is 18.2 Å². The Bertz CT molecular complexity index is 887. The molecule has 3 saturated heterocycles. The summed E-state index contributed by atoms with van der Waals surface area (Å²) < 4.78 is 0. The second-order valence-electron chi connectivity index (χ2n) is 8.12. The van der Waals surface area contributed by atoms with Gasteiger partial charge in [-0.3, -0.25) is 24.2 Å². The Morgan fingerprint density at radius 2 is 2.07 bits per heavy atom. The van der Waals surface area contributed by atoms with Gasteiger partial charge in [0.2, 0.25) is 17.7 Å². The predicted octanol–water partition coefficient (Wildman–Crippen LogP) is 2.37. The van der Waals surface area contributed by atoms with Gasteiger partial charge in [-0.2, -0.15) is 0 Å². The van der Waals surface area contributed by atoms with Crippen molar-refractivity contribution in [3.8, 4) is 0 Å². The Hall–Kier alpha value is -1.92. The fraction of sp³-hybridized carbons (Fsp3) is 0.550. The summed E-state index contributed by atoms with van der Waals surface area (Å²) in [7, 11) is 0. The van der Waals surface area contributed by atoms with Gasteiger partial charge in [-0.1, -0.05) is 18.5 Å². The summed E-state index contributed by atoms with van der Waals surface area (Å²) in [6.45, 7) is 4.57. The molecular weight excluding hydrogens is 366 g/mol. The number of imide groups is 1. The summed E-state index contributed by atoms with van der Waals surface area (Å²) in [4.78, 5) is 43.7. The van der Waals surface area contributed by atoms with Crippen LogP contribution in [0.25, 0.3) is 0 Å². The molecule has 0 aromatic heterocycles. The summed E-state index contributed by atoms with van der Waals surface area (Å²) in [5.74, 6) is -1.66. The number of carbonyl (C=O) groups is 3. The number of nitrogens with one attached hydrogen (secondary N) is 1. The number of rotatable bonds is 2. The van der Waals surface area contributed by atoms with Crippen molar-refractivity contribution in [2.24, 2.45) is 11.8 Å². The second kappa shape index (κ2) is 5.55. The van der Waals surface area contributed by atoms with Gasteiger partial charge in [-0.15, -0.1) is 0 Å². The summed E-state index contributed by atoms with van der Waals surface area (Å²) in [5.41, 5.74) is 0.311. The van der Waals surface area contributed by atoms with E-state index in [1.807, 2.05) is 13.8 Å². The van der Waals surface area contributed by atoms with Gasteiger partial charge in [0.1, 0.15) is 5.54 Å². The van der Waals surface area contributed by atoms with Gasteiger partial charge in [-0.25, -0.2) is 0 Å². The van der Waals surface area contributed by atoms with Gasteiger partial charge in [-0.05, 0) is 50.9 Å². The highest BCUT2D eigenvalue weighted by Gasteiger charge is 2.74. The van der Waals surface area contributed by atoms with Crippen molar-refractivity contribution in [1.82, 2.24) is 9.80 Å². The Morgan fingerprint density at radius 1 is 1.30 bits per heavy atom. The van der Waals surface area contributed by atoms with Gasteiger partial charge in [0.15, 0.2) is 0 Å². The molecule has 7 heteroatoms. The average Bonchev–Trinajstić information content (AvgIpc) is 3.33. The molecule has 0 bridgehead atoms. The van der Waals surface area contributed by atoms with E-state index < -0.39 is 17.4 Å². The van der Waals surface area contributed by atoms with Crippen molar-refractivity contribution in [2.75, 3.05) is 11.9 Å². The van der Waals surface area contributed by atoms with E-state index in [4.69, 9.17) is 11.6 Å². The Balaban J connectivity index is 1.74. The lowest BCUT2D eigenvalue weighted by molar-refractivity contribution is -0.147. The smallest absolute Gasteiger partial charge is 0.250 e. The number of hydrogen-bond acceptors (Lipinski definition) is 4. The summed E-state index contributed by atoms with van der Waals surface area (Å²) in [5, 5.41) is 3.48. The zero-order valence-electron chi connectivity index (χ0n) is 15.4. The minimum atomic E-state index is -1.12. The van der Waals surface area contributed by atoms with Gasteiger partial charge in [0.05, 0.1) is 11.8 Å². The van der Waals surface area contributed by atoms with Crippen LogP contribution in [0.15, 0.2) is 18.2 Å². The maximum Gasteiger partial charge on any atom is 0.250 e. The number of anilines is 1. The fourth-order valence-electron chi connectivity index (χ4n) is 5.81. The number of amides is 3. The molecule has 3 fully saturated rings. The maximum atomic E-state index is 13.5. The van der Waals surface area contributed by atoms with Crippen LogP contribution in [-0.2, 0) is 19.9 Å². The van der Waals surface area contributed by atoms with E-state index in [2.05, 4.69) is 10.2 Å². The number of fused-ring (bicyclic) bond motifs is 7. The SMILES string of the molecule is CC[C@H](C)N1C(=O)[C@H]2[C@@H](C1=O)[C@@]1(C(=O)Nc3ccc(Cl)cc31)N1CCC[C@@H]21. The third-order valence-corrected chi connectivity index (χ3v) is 7.26. The highest BCUT2D eigenvalue weighted by atomic mass is 35.5. The van der Waals surface area contributed by atoms with Crippen LogP contribution in [0.4, 0.5) is 5.69 Å². The van der Waals surface area contributed by atoms with Crippen molar-refractivity contribution in [3.05, 3.63) is 28.8 Å². The summed E-state index contributed by atoms with van der Waals surface area (Å²) in [6, 6.07) is 5.08. The quantitative estimate of drug-likeness (QED) is 0.791. The molecule has 27 heavy (non-hydrogen) atoms. The van der Waals surface area contributed by atoms with Crippen molar-refractivity contribution in [1.29, 1.82) is 0 Å². The molecular formula is C20H22ClN3O3. The fourth-order valence-corrected chi connectivity index (χ4v) is 5.99. The maximum absolute atomic E-state index is 13.5. The Labute approximate surface area is 162 Å². The first-order valence-corrected chi connectivity index (χ1v) is 10.1. The number of hydrogen-bond donors (Lipinski definition) is 1.